The molecule has 2 aromatic rings. The van der Waals surface area contributed by atoms with Crippen molar-refractivity contribution in [2.24, 2.45) is 7.05 Å². The van der Waals surface area contributed by atoms with Gasteiger partial charge in [0.15, 0.2) is 0 Å². The highest BCUT2D eigenvalue weighted by molar-refractivity contribution is 7.89. The van der Waals surface area contributed by atoms with Gasteiger partial charge >= 0.3 is 5.97 Å². The average molecular weight is 364 g/mol. The van der Waals surface area contributed by atoms with Crippen LogP contribution in [-0.4, -0.2) is 55.0 Å². The maximum absolute atomic E-state index is 13.2. The zero-order chi connectivity index (χ0) is 18.0. The maximum Gasteiger partial charge on any atom is 0.354 e. The summed E-state index contributed by atoms with van der Waals surface area (Å²) in [4.78, 5) is 15.9. The van der Waals surface area contributed by atoms with Crippen molar-refractivity contribution in [3.05, 3.63) is 48.0 Å². The normalized spacial score (nSPS) is 18.9. The van der Waals surface area contributed by atoms with Crippen molar-refractivity contribution in [2.45, 2.75) is 10.9 Å². The summed E-state index contributed by atoms with van der Waals surface area (Å²) in [6.07, 6.45) is 4.76. The SMILES string of the molecule is COC(=O)c1cc(S(=O)(=O)N2CCNCC2c2cccnc2)cn1C. The number of piperazine rings is 1. The number of methoxy groups -OCH3 is 1. The summed E-state index contributed by atoms with van der Waals surface area (Å²) in [5.41, 5.74) is 1.01. The number of sulfonamides is 1. The van der Waals surface area contributed by atoms with Gasteiger partial charge in [0, 0.05) is 45.3 Å². The number of aromatic nitrogens is 2. The van der Waals surface area contributed by atoms with E-state index in [2.05, 4.69) is 10.3 Å². The van der Waals surface area contributed by atoms with Crippen LogP contribution in [0.15, 0.2) is 41.7 Å². The monoisotopic (exact) mass is 364 g/mol. The first-order valence-corrected chi connectivity index (χ1v) is 9.26. The number of esters is 1. The Kier molecular flexibility index (Phi) is 4.89. The molecule has 0 aliphatic carbocycles. The molecule has 1 N–H and O–H groups in total. The van der Waals surface area contributed by atoms with E-state index in [0.717, 1.165) is 5.56 Å². The van der Waals surface area contributed by atoms with Gasteiger partial charge in [-0.15, -0.1) is 0 Å². The number of nitrogens with zero attached hydrogens (tertiary/aromatic N) is 3. The van der Waals surface area contributed by atoms with Gasteiger partial charge in [0.1, 0.15) is 10.6 Å². The third-order valence-electron chi connectivity index (χ3n) is 4.24. The van der Waals surface area contributed by atoms with Crippen molar-refractivity contribution in [3.8, 4) is 0 Å². The molecule has 1 fully saturated rings. The smallest absolute Gasteiger partial charge is 0.354 e. The molecule has 134 valence electrons. The van der Waals surface area contributed by atoms with Gasteiger partial charge in [-0.1, -0.05) is 6.07 Å². The van der Waals surface area contributed by atoms with E-state index in [4.69, 9.17) is 4.74 Å². The van der Waals surface area contributed by atoms with Gasteiger partial charge < -0.3 is 14.6 Å². The predicted octanol–water partition coefficient (Wildman–Crippen LogP) is 0.542. The highest BCUT2D eigenvalue weighted by Gasteiger charge is 2.35. The quantitative estimate of drug-likeness (QED) is 0.796. The average Bonchev–Trinajstić information content (AvgIpc) is 3.04. The third kappa shape index (κ3) is 3.30. The topological polar surface area (TPSA) is 93.5 Å². The van der Waals surface area contributed by atoms with Crippen molar-refractivity contribution in [1.29, 1.82) is 0 Å². The largest absolute Gasteiger partial charge is 0.464 e. The number of carbonyl (C=O) groups excluding carboxylic acids is 1. The van der Waals surface area contributed by atoms with Gasteiger partial charge in [-0.2, -0.15) is 4.31 Å². The predicted molar refractivity (Wildman–Crippen MR) is 90.5 cm³/mol. The standard InChI is InChI=1S/C16H20N4O4S/c1-19-11-13(8-14(19)16(21)24-2)25(22,23)20-7-6-18-10-15(20)12-4-3-5-17-9-12/h3-5,8-9,11,15,18H,6-7,10H2,1-2H3. The summed E-state index contributed by atoms with van der Waals surface area (Å²) in [6.45, 7) is 1.40. The second-order valence-electron chi connectivity index (χ2n) is 5.79. The molecule has 1 atom stereocenters. The van der Waals surface area contributed by atoms with Crippen LogP contribution in [0.5, 0.6) is 0 Å². The second kappa shape index (κ2) is 6.95. The van der Waals surface area contributed by atoms with E-state index in [1.165, 1.54) is 28.2 Å². The number of carbonyl (C=O) groups is 1. The maximum atomic E-state index is 13.2. The van der Waals surface area contributed by atoms with Gasteiger partial charge in [-0.3, -0.25) is 4.98 Å². The minimum atomic E-state index is -3.77. The van der Waals surface area contributed by atoms with Gasteiger partial charge in [0.2, 0.25) is 10.0 Å². The molecule has 2 aromatic heterocycles. The first-order valence-electron chi connectivity index (χ1n) is 7.82. The molecule has 0 amide bonds. The lowest BCUT2D eigenvalue weighted by atomic mass is 10.1. The molecule has 1 unspecified atom stereocenters. The fourth-order valence-electron chi connectivity index (χ4n) is 2.95. The van der Waals surface area contributed by atoms with E-state index < -0.39 is 16.0 Å². The summed E-state index contributed by atoms with van der Waals surface area (Å²) < 4.78 is 33.9. The van der Waals surface area contributed by atoms with Gasteiger partial charge in [-0.05, 0) is 17.7 Å². The van der Waals surface area contributed by atoms with Crippen LogP contribution in [0.2, 0.25) is 0 Å². The number of pyridine rings is 1. The van der Waals surface area contributed by atoms with E-state index in [-0.39, 0.29) is 16.6 Å². The van der Waals surface area contributed by atoms with E-state index in [9.17, 15) is 13.2 Å². The Morgan fingerprint density at radius 3 is 2.92 bits per heavy atom. The molecule has 0 spiro atoms. The molecule has 3 rings (SSSR count). The molecule has 1 aliphatic rings. The Bertz CT molecular complexity index is 864. The Labute approximate surface area is 146 Å². The van der Waals surface area contributed by atoms with Crippen LogP contribution in [0.25, 0.3) is 0 Å². The Balaban J connectivity index is 1.99. The molecule has 1 saturated heterocycles. The van der Waals surface area contributed by atoms with Crippen LogP contribution in [0.4, 0.5) is 0 Å². The molecule has 3 heterocycles. The van der Waals surface area contributed by atoms with Crippen LogP contribution in [0.3, 0.4) is 0 Å². The summed E-state index contributed by atoms with van der Waals surface area (Å²) in [6, 6.07) is 4.64. The second-order valence-corrected chi connectivity index (χ2v) is 7.68. The van der Waals surface area contributed by atoms with Crippen molar-refractivity contribution in [1.82, 2.24) is 19.2 Å². The van der Waals surface area contributed by atoms with E-state index >= 15 is 0 Å². The van der Waals surface area contributed by atoms with Crippen molar-refractivity contribution in [2.75, 3.05) is 26.7 Å². The summed E-state index contributed by atoms with van der Waals surface area (Å²) in [5, 5.41) is 3.22. The van der Waals surface area contributed by atoms with Crippen LogP contribution in [-0.2, 0) is 21.8 Å². The van der Waals surface area contributed by atoms with Gasteiger partial charge in [0.05, 0.1) is 13.2 Å². The minimum Gasteiger partial charge on any atom is -0.464 e. The number of hydrogen-bond acceptors (Lipinski definition) is 6. The highest BCUT2D eigenvalue weighted by Crippen LogP contribution is 2.29. The number of aryl methyl sites for hydroxylation is 1. The summed E-state index contributed by atoms with van der Waals surface area (Å²) >= 11 is 0. The van der Waals surface area contributed by atoms with E-state index in [0.29, 0.717) is 19.6 Å². The Morgan fingerprint density at radius 1 is 1.44 bits per heavy atom. The zero-order valence-electron chi connectivity index (χ0n) is 14.0. The number of rotatable bonds is 4. The number of hydrogen-bond donors (Lipinski definition) is 1. The van der Waals surface area contributed by atoms with Crippen LogP contribution in [0.1, 0.15) is 22.1 Å². The zero-order valence-corrected chi connectivity index (χ0v) is 14.9. The van der Waals surface area contributed by atoms with Crippen LogP contribution < -0.4 is 5.32 Å². The lowest BCUT2D eigenvalue weighted by molar-refractivity contribution is 0.0590. The molecule has 9 heteroatoms. The Morgan fingerprint density at radius 2 is 2.24 bits per heavy atom. The molecule has 1 aliphatic heterocycles. The molecule has 0 aromatic carbocycles. The molecular weight excluding hydrogens is 344 g/mol. The highest BCUT2D eigenvalue weighted by atomic mass is 32.2. The lowest BCUT2D eigenvalue weighted by Gasteiger charge is -2.35. The van der Waals surface area contributed by atoms with E-state index in [1.807, 2.05) is 6.07 Å². The summed E-state index contributed by atoms with van der Waals surface area (Å²) in [7, 11) is -0.891. The molecule has 0 saturated carbocycles. The van der Waals surface area contributed by atoms with E-state index in [1.54, 1.807) is 25.5 Å². The Hall–Kier alpha value is -2.23. The third-order valence-corrected chi connectivity index (χ3v) is 6.12. The van der Waals surface area contributed by atoms with Crippen molar-refractivity contribution in [3.63, 3.8) is 0 Å². The summed E-state index contributed by atoms with van der Waals surface area (Å²) in [5.74, 6) is -0.576. The first kappa shape index (κ1) is 17.6. The number of ether oxygens (including phenoxy) is 1. The molecule has 0 bridgehead atoms. The number of nitrogens with one attached hydrogen (secondary N) is 1. The van der Waals surface area contributed by atoms with Crippen LogP contribution in [0, 0.1) is 0 Å². The minimum absolute atomic E-state index is 0.0752. The fraction of sp³-hybridized carbons (Fsp3) is 0.375. The van der Waals surface area contributed by atoms with Crippen molar-refractivity contribution >= 4 is 16.0 Å². The lowest BCUT2D eigenvalue weighted by Crippen LogP contribution is -2.48. The van der Waals surface area contributed by atoms with Crippen LogP contribution >= 0.6 is 0 Å². The van der Waals surface area contributed by atoms with Gasteiger partial charge in [0.25, 0.3) is 0 Å². The fourth-order valence-corrected chi connectivity index (χ4v) is 4.63. The molecule has 8 nitrogen and oxygen atoms in total. The van der Waals surface area contributed by atoms with Gasteiger partial charge in [-0.25, -0.2) is 13.2 Å². The molecular formula is C16H20N4O4S. The van der Waals surface area contributed by atoms with Crippen molar-refractivity contribution < 1.29 is 17.9 Å². The first-order chi connectivity index (χ1) is 11.9. The molecule has 25 heavy (non-hydrogen) atoms. The molecule has 0 radical (unpaired) electrons.